The van der Waals surface area contributed by atoms with E-state index in [2.05, 4.69) is 0 Å². The molecule has 1 rings (SSSR count). The van der Waals surface area contributed by atoms with Crippen molar-refractivity contribution in [3.63, 3.8) is 0 Å². The first-order valence-corrected chi connectivity index (χ1v) is 7.61. The van der Waals surface area contributed by atoms with E-state index in [1.54, 1.807) is 0 Å². The zero-order chi connectivity index (χ0) is 16.8. The second kappa shape index (κ2) is 7.76. The van der Waals surface area contributed by atoms with Crippen LogP contribution >= 0.6 is 0 Å². The first-order valence-electron chi connectivity index (χ1n) is 6.17. The molecule has 1 aromatic carbocycles. The highest BCUT2D eigenvalue weighted by atomic mass is 32.2. The maximum Gasteiger partial charge on any atom is 0.404 e. The van der Waals surface area contributed by atoms with Gasteiger partial charge < -0.3 is 15.2 Å². The Balaban J connectivity index is 2.67. The lowest BCUT2D eigenvalue weighted by molar-refractivity contribution is 0.195. The van der Waals surface area contributed by atoms with E-state index in [4.69, 9.17) is 9.84 Å². The first-order chi connectivity index (χ1) is 10.3. The standard InChI is InChI=1S/C13H17FN2O5S/c1-16(2)22(19,20)12-5-3-11(4-6-12)21-9-10(7-14)8-15-13(17)18/h3-7,15H,8-9H2,1-2H3,(H,17,18). The van der Waals surface area contributed by atoms with E-state index < -0.39 is 16.1 Å². The van der Waals surface area contributed by atoms with E-state index >= 15 is 0 Å². The second-order valence-corrected chi connectivity index (χ2v) is 6.63. The predicted octanol–water partition coefficient (Wildman–Crippen LogP) is 1.44. The van der Waals surface area contributed by atoms with E-state index in [0.717, 1.165) is 4.31 Å². The van der Waals surface area contributed by atoms with Gasteiger partial charge in [-0.2, -0.15) is 0 Å². The minimum absolute atomic E-state index is 0.104. The third-order valence-electron chi connectivity index (χ3n) is 2.65. The number of rotatable bonds is 7. The molecule has 0 unspecified atom stereocenters. The Hall–Kier alpha value is -2.13. The highest BCUT2D eigenvalue weighted by molar-refractivity contribution is 7.89. The van der Waals surface area contributed by atoms with E-state index in [1.807, 2.05) is 5.32 Å². The molecule has 122 valence electrons. The fraction of sp³-hybridized carbons (Fsp3) is 0.308. The molecule has 1 amide bonds. The number of halogens is 1. The molecule has 0 radical (unpaired) electrons. The van der Waals surface area contributed by atoms with Gasteiger partial charge >= 0.3 is 6.09 Å². The second-order valence-electron chi connectivity index (χ2n) is 4.47. The maximum absolute atomic E-state index is 12.6. The average molecular weight is 332 g/mol. The lowest BCUT2D eigenvalue weighted by Crippen LogP contribution is -2.25. The van der Waals surface area contributed by atoms with Crippen LogP contribution in [0.4, 0.5) is 9.18 Å². The smallest absolute Gasteiger partial charge is 0.404 e. The normalized spacial score (nSPS) is 12.3. The molecule has 0 aliphatic heterocycles. The van der Waals surface area contributed by atoms with Gasteiger partial charge in [0.15, 0.2) is 0 Å². The summed E-state index contributed by atoms with van der Waals surface area (Å²) in [6.07, 6.45) is -1.00. The molecule has 2 N–H and O–H groups in total. The van der Waals surface area contributed by atoms with Gasteiger partial charge in [-0.15, -0.1) is 0 Å². The SMILES string of the molecule is CN(C)S(=O)(=O)c1ccc(OCC(=CF)CNC(=O)O)cc1. The molecule has 0 aromatic heterocycles. The molecule has 1 aromatic rings. The van der Waals surface area contributed by atoms with E-state index in [-0.39, 0.29) is 30.0 Å². The lowest BCUT2D eigenvalue weighted by Gasteiger charge is -2.12. The number of sulfonamides is 1. The summed E-state index contributed by atoms with van der Waals surface area (Å²) in [5.74, 6) is 0.340. The van der Waals surface area contributed by atoms with Crippen LogP contribution in [-0.2, 0) is 10.0 Å². The Morgan fingerprint density at radius 1 is 1.36 bits per heavy atom. The molecule has 0 bridgehead atoms. The van der Waals surface area contributed by atoms with Crippen molar-refractivity contribution in [3.05, 3.63) is 36.2 Å². The molecule has 0 saturated heterocycles. The van der Waals surface area contributed by atoms with Crippen LogP contribution in [0, 0.1) is 0 Å². The van der Waals surface area contributed by atoms with Crippen molar-refractivity contribution in [1.29, 1.82) is 0 Å². The molecular formula is C13H17FN2O5S. The molecular weight excluding hydrogens is 315 g/mol. The van der Waals surface area contributed by atoms with Crippen molar-refractivity contribution in [1.82, 2.24) is 9.62 Å². The predicted molar refractivity (Wildman–Crippen MR) is 78.0 cm³/mol. The monoisotopic (exact) mass is 332 g/mol. The van der Waals surface area contributed by atoms with Gasteiger partial charge in [-0.1, -0.05) is 0 Å². The van der Waals surface area contributed by atoms with E-state index in [1.165, 1.54) is 38.4 Å². The van der Waals surface area contributed by atoms with Crippen LogP contribution in [0.3, 0.4) is 0 Å². The van der Waals surface area contributed by atoms with Crippen LogP contribution in [0.5, 0.6) is 5.75 Å². The zero-order valence-corrected chi connectivity index (χ0v) is 12.9. The largest absolute Gasteiger partial charge is 0.489 e. The number of benzene rings is 1. The van der Waals surface area contributed by atoms with Crippen molar-refractivity contribution in [2.45, 2.75) is 4.90 Å². The minimum Gasteiger partial charge on any atom is -0.489 e. The molecule has 0 heterocycles. The summed E-state index contributed by atoms with van der Waals surface area (Å²) < 4.78 is 42.7. The fourth-order valence-electron chi connectivity index (χ4n) is 1.40. The summed E-state index contributed by atoms with van der Waals surface area (Å²) in [5.41, 5.74) is 0.104. The summed E-state index contributed by atoms with van der Waals surface area (Å²) in [6, 6.07) is 5.63. The lowest BCUT2D eigenvalue weighted by atomic mass is 10.3. The summed E-state index contributed by atoms with van der Waals surface area (Å²) in [7, 11) is -0.668. The molecule has 22 heavy (non-hydrogen) atoms. The van der Waals surface area contributed by atoms with Gasteiger partial charge in [0.2, 0.25) is 10.0 Å². The number of hydrogen-bond acceptors (Lipinski definition) is 4. The number of ether oxygens (including phenoxy) is 1. The van der Waals surface area contributed by atoms with Crippen LogP contribution < -0.4 is 10.1 Å². The van der Waals surface area contributed by atoms with Crippen LogP contribution in [0.1, 0.15) is 0 Å². The number of carbonyl (C=O) groups is 1. The van der Waals surface area contributed by atoms with Crippen molar-refractivity contribution < 1.29 is 27.4 Å². The summed E-state index contributed by atoms with van der Waals surface area (Å²) in [6.45, 7) is -0.352. The number of hydrogen-bond donors (Lipinski definition) is 2. The summed E-state index contributed by atoms with van der Waals surface area (Å²) >= 11 is 0. The van der Waals surface area contributed by atoms with Crippen LogP contribution in [0.25, 0.3) is 0 Å². The van der Waals surface area contributed by atoms with Gasteiger partial charge in [0.1, 0.15) is 12.4 Å². The van der Waals surface area contributed by atoms with Crippen LogP contribution in [0.2, 0.25) is 0 Å². The number of carboxylic acid groups (broad SMARTS) is 1. The quantitative estimate of drug-likeness (QED) is 0.787. The van der Waals surface area contributed by atoms with Gasteiger partial charge in [0.25, 0.3) is 0 Å². The summed E-state index contributed by atoms with van der Waals surface area (Å²) in [4.78, 5) is 10.4. The van der Waals surface area contributed by atoms with Crippen LogP contribution in [-0.4, -0.2) is 51.2 Å². The summed E-state index contributed by atoms with van der Waals surface area (Å²) in [5, 5.41) is 10.5. The molecule has 0 atom stereocenters. The number of nitrogens with zero attached hydrogens (tertiary/aromatic N) is 1. The van der Waals surface area contributed by atoms with Gasteiger partial charge in [0.05, 0.1) is 11.2 Å². The molecule has 0 aliphatic rings. The first kappa shape index (κ1) is 17.9. The van der Waals surface area contributed by atoms with Crippen molar-refractivity contribution in [2.24, 2.45) is 0 Å². The fourth-order valence-corrected chi connectivity index (χ4v) is 2.31. The van der Waals surface area contributed by atoms with E-state index in [9.17, 15) is 17.6 Å². The minimum atomic E-state index is -3.52. The topological polar surface area (TPSA) is 95.9 Å². The Labute approximate surface area is 128 Å². The van der Waals surface area contributed by atoms with Crippen LogP contribution in [0.15, 0.2) is 41.1 Å². The van der Waals surface area contributed by atoms with Gasteiger partial charge in [-0.25, -0.2) is 21.9 Å². The van der Waals surface area contributed by atoms with Crippen molar-refractivity contribution >= 4 is 16.1 Å². The van der Waals surface area contributed by atoms with Crippen molar-refractivity contribution in [3.8, 4) is 5.75 Å². The Morgan fingerprint density at radius 2 is 1.95 bits per heavy atom. The molecule has 0 saturated carbocycles. The Kier molecular flexibility index (Phi) is 6.32. The Bertz CT molecular complexity index is 641. The molecule has 0 spiro atoms. The molecule has 7 nitrogen and oxygen atoms in total. The molecule has 0 aliphatic carbocycles. The van der Waals surface area contributed by atoms with Gasteiger partial charge in [-0.05, 0) is 24.3 Å². The maximum atomic E-state index is 12.6. The highest BCUT2D eigenvalue weighted by Crippen LogP contribution is 2.18. The third kappa shape index (κ3) is 5.01. The van der Waals surface area contributed by atoms with E-state index in [0.29, 0.717) is 5.75 Å². The zero-order valence-electron chi connectivity index (χ0n) is 12.1. The van der Waals surface area contributed by atoms with Gasteiger partial charge in [0, 0.05) is 26.2 Å². The number of amides is 1. The highest BCUT2D eigenvalue weighted by Gasteiger charge is 2.16. The molecule has 0 fully saturated rings. The van der Waals surface area contributed by atoms with Crippen molar-refractivity contribution in [2.75, 3.05) is 27.2 Å². The third-order valence-corrected chi connectivity index (χ3v) is 4.48. The van der Waals surface area contributed by atoms with Gasteiger partial charge in [-0.3, -0.25) is 0 Å². The molecule has 9 heteroatoms. The average Bonchev–Trinajstić information content (AvgIpc) is 2.47. The number of nitrogens with one attached hydrogen (secondary N) is 1. The Morgan fingerprint density at radius 3 is 2.41 bits per heavy atom.